The summed E-state index contributed by atoms with van der Waals surface area (Å²) in [5, 5.41) is 13.0. The smallest absolute Gasteiger partial charge is 0.409 e. The summed E-state index contributed by atoms with van der Waals surface area (Å²) in [5.74, 6) is 0. The molecule has 84 valence electrons. The Hall–Kier alpha value is -1.46. The number of hydrogen-bond donors (Lipinski definition) is 1. The lowest BCUT2D eigenvalue weighted by Crippen LogP contribution is -2.48. The van der Waals surface area contributed by atoms with Crippen LogP contribution in [0.1, 0.15) is 13.3 Å². The molecule has 1 amide bonds. The summed E-state index contributed by atoms with van der Waals surface area (Å²) in [4.78, 5) is 15.4. The summed E-state index contributed by atoms with van der Waals surface area (Å²) in [7, 11) is 0. The van der Waals surface area contributed by atoms with Crippen molar-refractivity contribution >= 4 is 6.09 Å². The van der Waals surface area contributed by atoms with E-state index in [1.165, 1.54) is 4.90 Å². The number of likely N-dealkylation sites (tertiary alicyclic amines) is 1. The van der Waals surface area contributed by atoms with E-state index in [1.807, 2.05) is 0 Å². The Labute approximate surface area is 87.3 Å². The molecule has 1 aliphatic rings. The summed E-state index contributed by atoms with van der Waals surface area (Å²) >= 11 is 0. The fraction of sp³-hybridized carbons (Fsp3) is 0.875. The van der Waals surface area contributed by atoms with E-state index < -0.39 is 18.2 Å². The number of carbonyl (C=O) groups is 1. The zero-order chi connectivity index (χ0) is 11.3. The number of ether oxygens (including phenoxy) is 1. The van der Waals surface area contributed by atoms with Gasteiger partial charge < -0.3 is 14.7 Å². The summed E-state index contributed by atoms with van der Waals surface area (Å²) < 4.78 is 4.80. The van der Waals surface area contributed by atoms with E-state index in [0.717, 1.165) is 0 Å². The number of hydrogen-bond acceptors (Lipinski definition) is 4. The van der Waals surface area contributed by atoms with Crippen LogP contribution in [0.5, 0.6) is 0 Å². The molecule has 1 heterocycles. The van der Waals surface area contributed by atoms with Crippen LogP contribution in [-0.4, -0.2) is 47.9 Å². The SMILES string of the molecule is CCOC(=O)N1CC[C@@H](N=[N+]=[N-])[C@@H](O)C1. The van der Waals surface area contributed by atoms with Gasteiger partial charge in [-0.2, -0.15) is 0 Å². The van der Waals surface area contributed by atoms with Crippen molar-refractivity contribution in [3.05, 3.63) is 10.4 Å². The van der Waals surface area contributed by atoms with Gasteiger partial charge in [0, 0.05) is 11.5 Å². The fourth-order valence-corrected chi connectivity index (χ4v) is 1.50. The molecule has 0 aromatic carbocycles. The number of nitrogens with zero attached hydrogens (tertiary/aromatic N) is 4. The molecule has 0 aromatic heterocycles. The van der Waals surface area contributed by atoms with Crippen molar-refractivity contribution in [3.63, 3.8) is 0 Å². The Kier molecular flexibility index (Phi) is 4.20. The molecular weight excluding hydrogens is 200 g/mol. The molecule has 0 radical (unpaired) electrons. The maximum absolute atomic E-state index is 11.3. The summed E-state index contributed by atoms with van der Waals surface area (Å²) in [6.07, 6.45) is -0.778. The van der Waals surface area contributed by atoms with Crippen LogP contribution in [0.15, 0.2) is 5.11 Å². The molecular formula is C8H14N4O3. The maximum atomic E-state index is 11.3. The lowest BCUT2D eigenvalue weighted by Gasteiger charge is -2.32. The highest BCUT2D eigenvalue weighted by Gasteiger charge is 2.29. The van der Waals surface area contributed by atoms with Crippen LogP contribution in [-0.2, 0) is 4.74 Å². The second-order valence-corrected chi connectivity index (χ2v) is 3.27. The molecule has 0 spiro atoms. The molecule has 1 saturated heterocycles. The van der Waals surface area contributed by atoms with Crippen LogP contribution in [0, 0.1) is 0 Å². The second kappa shape index (κ2) is 5.43. The van der Waals surface area contributed by atoms with E-state index in [4.69, 9.17) is 10.3 Å². The number of β-amino-alcohol motifs (C(OH)–C–C–N with tert-alkyl or cyclic N) is 1. The Balaban J connectivity index is 2.50. The van der Waals surface area contributed by atoms with Crippen LogP contribution in [0.4, 0.5) is 4.79 Å². The molecule has 0 unspecified atom stereocenters. The van der Waals surface area contributed by atoms with Crippen LogP contribution in [0.3, 0.4) is 0 Å². The largest absolute Gasteiger partial charge is 0.450 e. The highest BCUT2D eigenvalue weighted by atomic mass is 16.6. The van der Waals surface area contributed by atoms with Gasteiger partial charge in [0.25, 0.3) is 0 Å². The topological polar surface area (TPSA) is 98.5 Å². The molecule has 0 aliphatic carbocycles. The number of azide groups is 1. The van der Waals surface area contributed by atoms with Gasteiger partial charge in [-0.1, -0.05) is 5.11 Å². The summed E-state index contributed by atoms with van der Waals surface area (Å²) in [5.41, 5.74) is 8.24. The Morgan fingerprint density at radius 2 is 2.53 bits per heavy atom. The maximum Gasteiger partial charge on any atom is 0.409 e. The van der Waals surface area contributed by atoms with Crippen molar-refractivity contribution in [2.75, 3.05) is 19.7 Å². The molecule has 2 atom stereocenters. The first-order chi connectivity index (χ1) is 7.19. The predicted molar refractivity (Wildman–Crippen MR) is 52.2 cm³/mol. The highest BCUT2D eigenvalue weighted by Crippen LogP contribution is 2.15. The van der Waals surface area contributed by atoms with Gasteiger partial charge in [0.05, 0.1) is 25.3 Å². The summed E-state index contributed by atoms with van der Waals surface area (Å²) in [6, 6.07) is -0.444. The standard InChI is InChI=1S/C8H14N4O3/c1-2-15-8(14)12-4-3-6(10-11-9)7(13)5-12/h6-7,13H,2-5H2,1H3/t6-,7+/m1/s1. The van der Waals surface area contributed by atoms with Gasteiger partial charge in [-0.25, -0.2) is 4.79 Å². The van der Waals surface area contributed by atoms with Gasteiger partial charge in [0.15, 0.2) is 0 Å². The van der Waals surface area contributed by atoms with E-state index >= 15 is 0 Å². The third kappa shape index (κ3) is 3.00. The fourth-order valence-electron chi connectivity index (χ4n) is 1.50. The predicted octanol–water partition coefficient (Wildman–Crippen LogP) is 0.888. The third-order valence-electron chi connectivity index (χ3n) is 2.27. The van der Waals surface area contributed by atoms with E-state index in [0.29, 0.717) is 19.6 Å². The van der Waals surface area contributed by atoms with E-state index in [2.05, 4.69) is 10.0 Å². The molecule has 1 N–H and O–H groups in total. The number of amides is 1. The molecule has 0 saturated carbocycles. The van der Waals surface area contributed by atoms with Crippen molar-refractivity contribution in [2.45, 2.75) is 25.5 Å². The first-order valence-electron chi connectivity index (χ1n) is 4.83. The van der Waals surface area contributed by atoms with Crippen molar-refractivity contribution in [1.82, 2.24) is 4.90 Å². The molecule has 1 rings (SSSR count). The van der Waals surface area contributed by atoms with E-state index in [-0.39, 0.29) is 6.54 Å². The van der Waals surface area contributed by atoms with Gasteiger partial charge in [-0.05, 0) is 18.9 Å². The zero-order valence-corrected chi connectivity index (χ0v) is 8.54. The number of carbonyl (C=O) groups excluding carboxylic acids is 1. The number of aliphatic hydroxyl groups excluding tert-OH is 1. The van der Waals surface area contributed by atoms with E-state index in [9.17, 15) is 9.90 Å². The normalized spacial score (nSPS) is 25.6. The Morgan fingerprint density at radius 1 is 1.80 bits per heavy atom. The van der Waals surface area contributed by atoms with Crippen LogP contribution in [0.25, 0.3) is 10.4 Å². The first kappa shape index (κ1) is 11.6. The molecule has 0 aromatic rings. The van der Waals surface area contributed by atoms with Crippen molar-refractivity contribution < 1.29 is 14.6 Å². The Morgan fingerprint density at radius 3 is 3.07 bits per heavy atom. The quantitative estimate of drug-likeness (QED) is 0.419. The Bertz CT molecular complexity index is 277. The van der Waals surface area contributed by atoms with Gasteiger partial charge in [-0.3, -0.25) is 0 Å². The average molecular weight is 214 g/mol. The lowest BCUT2D eigenvalue weighted by atomic mass is 10.0. The highest BCUT2D eigenvalue weighted by molar-refractivity contribution is 5.67. The first-order valence-corrected chi connectivity index (χ1v) is 4.83. The van der Waals surface area contributed by atoms with Crippen molar-refractivity contribution in [1.29, 1.82) is 0 Å². The van der Waals surface area contributed by atoms with Crippen LogP contribution < -0.4 is 0 Å². The van der Waals surface area contributed by atoms with Crippen LogP contribution in [0.2, 0.25) is 0 Å². The van der Waals surface area contributed by atoms with Gasteiger partial charge in [0.2, 0.25) is 0 Å². The van der Waals surface area contributed by atoms with Crippen LogP contribution >= 0.6 is 0 Å². The zero-order valence-electron chi connectivity index (χ0n) is 8.54. The molecule has 7 heteroatoms. The third-order valence-corrected chi connectivity index (χ3v) is 2.27. The second-order valence-electron chi connectivity index (χ2n) is 3.27. The van der Waals surface area contributed by atoms with Gasteiger partial charge in [-0.15, -0.1) is 0 Å². The van der Waals surface area contributed by atoms with Crippen molar-refractivity contribution in [2.24, 2.45) is 5.11 Å². The lowest BCUT2D eigenvalue weighted by molar-refractivity contribution is 0.0403. The number of rotatable bonds is 2. The number of aliphatic hydroxyl groups is 1. The molecule has 0 bridgehead atoms. The van der Waals surface area contributed by atoms with Gasteiger partial charge >= 0.3 is 6.09 Å². The van der Waals surface area contributed by atoms with Gasteiger partial charge in [0.1, 0.15) is 0 Å². The average Bonchev–Trinajstić information content (AvgIpc) is 2.21. The monoisotopic (exact) mass is 214 g/mol. The van der Waals surface area contributed by atoms with Crippen molar-refractivity contribution in [3.8, 4) is 0 Å². The molecule has 1 aliphatic heterocycles. The molecule has 15 heavy (non-hydrogen) atoms. The minimum atomic E-state index is -0.806. The number of piperidine rings is 1. The molecule has 1 fully saturated rings. The molecule has 7 nitrogen and oxygen atoms in total. The summed E-state index contributed by atoms with van der Waals surface area (Å²) in [6.45, 7) is 2.63. The minimum Gasteiger partial charge on any atom is -0.450 e. The van der Waals surface area contributed by atoms with E-state index in [1.54, 1.807) is 6.92 Å². The minimum absolute atomic E-state index is 0.155.